The van der Waals surface area contributed by atoms with Gasteiger partial charge in [0.15, 0.2) is 0 Å². The van der Waals surface area contributed by atoms with Crippen molar-refractivity contribution < 1.29 is 5.11 Å². The molecular weight excluding hydrogens is 332 g/mol. The molecule has 5 rings (SSSR count). The van der Waals surface area contributed by atoms with Gasteiger partial charge < -0.3 is 14.9 Å². The fourth-order valence-corrected chi connectivity index (χ4v) is 6.46. The normalized spacial score (nSPS) is 36.6. The van der Waals surface area contributed by atoms with Crippen LogP contribution in [0.1, 0.15) is 57.8 Å². The number of aliphatic hydroxyl groups excluding tert-OH is 1. The van der Waals surface area contributed by atoms with Gasteiger partial charge >= 0.3 is 0 Å². The second-order valence-electron chi connectivity index (χ2n) is 9.33. The first-order valence-electron chi connectivity index (χ1n) is 11.2. The van der Waals surface area contributed by atoms with Crippen molar-refractivity contribution in [1.82, 2.24) is 4.90 Å². The molecule has 2 aliphatic heterocycles. The van der Waals surface area contributed by atoms with E-state index in [1.807, 2.05) is 0 Å². The van der Waals surface area contributed by atoms with Gasteiger partial charge in [0.25, 0.3) is 0 Å². The van der Waals surface area contributed by atoms with Gasteiger partial charge in [-0.05, 0) is 68.9 Å². The van der Waals surface area contributed by atoms with Crippen molar-refractivity contribution in [2.24, 2.45) is 11.8 Å². The van der Waals surface area contributed by atoms with E-state index in [0.29, 0.717) is 0 Å². The van der Waals surface area contributed by atoms with Crippen LogP contribution < -0.4 is 4.90 Å². The first-order valence-corrected chi connectivity index (χ1v) is 11.2. The lowest BCUT2D eigenvalue weighted by Gasteiger charge is -2.50. The van der Waals surface area contributed by atoms with Gasteiger partial charge in [-0.25, -0.2) is 0 Å². The minimum atomic E-state index is -0.216. The molecule has 4 aliphatic rings. The quantitative estimate of drug-likeness (QED) is 0.830. The molecule has 27 heavy (non-hydrogen) atoms. The molecule has 1 spiro atoms. The molecule has 1 N–H and O–H groups in total. The van der Waals surface area contributed by atoms with E-state index in [0.717, 1.165) is 37.8 Å². The summed E-state index contributed by atoms with van der Waals surface area (Å²) in [5.41, 5.74) is 2.76. The van der Waals surface area contributed by atoms with Crippen LogP contribution >= 0.6 is 0 Å². The van der Waals surface area contributed by atoms with Gasteiger partial charge in [0.05, 0.1) is 11.6 Å². The number of nitrogens with zero attached hydrogens (tertiary/aromatic N) is 2. The summed E-state index contributed by atoms with van der Waals surface area (Å²) in [6, 6.07) is 10.8. The fourth-order valence-electron chi connectivity index (χ4n) is 6.46. The summed E-state index contributed by atoms with van der Waals surface area (Å²) in [6.07, 6.45) is 13.9. The molecule has 0 radical (unpaired) electrons. The first kappa shape index (κ1) is 17.6. The van der Waals surface area contributed by atoms with Crippen LogP contribution in [0, 0.1) is 11.8 Å². The Morgan fingerprint density at radius 3 is 2.67 bits per heavy atom. The second-order valence-corrected chi connectivity index (χ2v) is 9.33. The maximum absolute atomic E-state index is 11.1. The third kappa shape index (κ3) is 3.08. The zero-order chi connectivity index (χ0) is 18.3. The number of likely N-dealkylation sites (tertiary alicyclic amines) is 1. The predicted octanol–water partition coefficient (Wildman–Crippen LogP) is 4.58. The lowest BCUT2D eigenvalue weighted by atomic mass is 9.73. The highest BCUT2D eigenvalue weighted by Crippen LogP contribution is 2.44. The van der Waals surface area contributed by atoms with E-state index in [9.17, 15) is 5.11 Å². The SMILES string of the molecule is OC1CCN(c2ccccc2)C12CCCN(C1=C[C@H]3CCCC[C@H]3CC1)C2. The molecule has 2 aliphatic carbocycles. The summed E-state index contributed by atoms with van der Waals surface area (Å²) >= 11 is 0. The number of rotatable bonds is 2. The lowest BCUT2D eigenvalue weighted by molar-refractivity contribution is 0.0549. The molecular formula is C24H34N2O. The van der Waals surface area contributed by atoms with E-state index in [1.54, 1.807) is 5.70 Å². The minimum Gasteiger partial charge on any atom is -0.391 e. The highest BCUT2D eigenvalue weighted by molar-refractivity contribution is 5.51. The van der Waals surface area contributed by atoms with E-state index in [2.05, 4.69) is 46.2 Å². The van der Waals surface area contributed by atoms with E-state index in [1.165, 1.54) is 57.2 Å². The maximum atomic E-state index is 11.1. The molecule has 0 amide bonds. The minimum absolute atomic E-state index is 0.107. The highest BCUT2D eigenvalue weighted by atomic mass is 16.3. The number of benzene rings is 1. The molecule has 1 aromatic carbocycles. The summed E-state index contributed by atoms with van der Waals surface area (Å²) in [7, 11) is 0. The zero-order valence-corrected chi connectivity index (χ0v) is 16.5. The Morgan fingerprint density at radius 1 is 0.926 bits per heavy atom. The Balaban J connectivity index is 1.40. The van der Waals surface area contributed by atoms with Crippen LogP contribution in [-0.4, -0.2) is 41.3 Å². The van der Waals surface area contributed by atoms with Crippen LogP contribution in [0.3, 0.4) is 0 Å². The van der Waals surface area contributed by atoms with Crippen LogP contribution in [0.5, 0.6) is 0 Å². The molecule has 3 fully saturated rings. The summed E-state index contributed by atoms with van der Waals surface area (Å²) < 4.78 is 0. The number of anilines is 1. The van der Waals surface area contributed by atoms with Crippen molar-refractivity contribution in [3.63, 3.8) is 0 Å². The summed E-state index contributed by atoms with van der Waals surface area (Å²) in [4.78, 5) is 5.18. The van der Waals surface area contributed by atoms with E-state index in [4.69, 9.17) is 0 Å². The zero-order valence-electron chi connectivity index (χ0n) is 16.5. The standard InChI is InChI=1S/C24H34N2O/c27-23-13-16-26(21-9-2-1-3-10-21)24(23)14-6-15-25(18-24)22-12-11-19-7-4-5-8-20(19)17-22/h1-3,9-10,17,19-20,23,27H,4-8,11-16,18H2/t19-,20+,23?,24?/m0/s1. The Kier molecular flexibility index (Phi) is 4.67. The second kappa shape index (κ2) is 7.16. The van der Waals surface area contributed by atoms with Gasteiger partial charge in [-0.1, -0.05) is 37.1 Å². The predicted molar refractivity (Wildman–Crippen MR) is 111 cm³/mol. The molecule has 2 heterocycles. The highest BCUT2D eigenvalue weighted by Gasteiger charge is 2.50. The van der Waals surface area contributed by atoms with Crippen LogP contribution in [0.15, 0.2) is 42.1 Å². The average Bonchev–Trinajstić information content (AvgIpc) is 3.03. The Bertz CT molecular complexity index is 687. The lowest BCUT2D eigenvalue weighted by Crippen LogP contribution is -2.60. The Labute approximate surface area is 164 Å². The summed E-state index contributed by atoms with van der Waals surface area (Å²) in [6.45, 7) is 3.13. The number of para-hydroxylation sites is 1. The van der Waals surface area contributed by atoms with Crippen LogP contribution in [0.4, 0.5) is 5.69 Å². The molecule has 2 saturated heterocycles. The molecule has 0 bridgehead atoms. The molecule has 146 valence electrons. The van der Waals surface area contributed by atoms with Crippen molar-refractivity contribution in [2.45, 2.75) is 69.4 Å². The number of fused-ring (bicyclic) bond motifs is 1. The van der Waals surface area contributed by atoms with Crippen molar-refractivity contribution in [3.05, 3.63) is 42.1 Å². The van der Waals surface area contributed by atoms with Crippen LogP contribution in [0.2, 0.25) is 0 Å². The Hall–Kier alpha value is -1.48. The van der Waals surface area contributed by atoms with Crippen molar-refractivity contribution in [1.29, 1.82) is 0 Å². The van der Waals surface area contributed by atoms with E-state index < -0.39 is 0 Å². The molecule has 2 unspecified atom stereocenters. The Morgan fingerprint density at radius 2 is 1.78 bits per heavy atom. The maximum Gasteiger partial charge on any atom is 0.0835 e. The van der Waals surface area contributed by atoms with Gasteiger partial charge in [0.1, 0.15) is 0 Å². The summed E-state index contributed by atoms with van der Waals surface area (Å²) in [5, 5.41) is 11.1. The summed E-state index contributed by atoms with van der Waals surface area (Å²) in [5.74, 6) is 1.76. The number of hydrogen-bond donors (Lipinski definition) is 1. The van der Waals surface area contributed by atoms with E-state index >= 15 is 0 Å². The monoisotopic (exact) mass is 366 g/mol. The molecule has 1 saturated carbocycles. The van der Waals surface area contributed by atoms with Gasteiger partial charge in [0, 0.05) is 31.0 Å². The number of aliphatic hydroxyl groups is 1. The van der Waals surface area contributed by atoms with Crippen LogP contribution in [0.25, 0.3) is 0 Å². The van der Waals surface area contributed by atoms with Gasteiger partial charge in [-0.2, -0.15) is 0 Å². The van der Waals surface area contributed by atoms with Crippen molar-refractivity contribution in [3.8, 4) is 0 Å². The molecule has 0 aromatic heterocycles. The molecule has 3 heteroatoms. The smallest absolute Gasteiger partial charge is 0.0835 e. The first-order chi connectivity index (χ1) is 13.3. The van der Waals surface area contributed by atoms with Crippen LogP contribution in [-0.2, 0) is 0 Å². The number of allylic oxidation sites excluding steroid dienone is 2. The topological polar surface area (TPSA) is 26.7 Å². The number of hydrogen-bond acceptors (Lipinski definition) is 3. The van der Waals surface area contributed by atoms with Crippen molar-refractivity contribution >= 4 is 5.69 Å². The molecule has 4 atom stereocenters. The van der Waals surface area contributed by atoms with Gasteiger partial charge in [-0.15, -0.1) is 0 Å². The van der Waals surface area contributed by atoms with Crippen molar-refractivity contribution in [2.75, 3.05) is 24.5 Å². The van der Waals surface area contributed by atoms with E-state index in [-0.39, 0.29) is 11.6 Å². The molecule has 1 aromatic rings. The third-order valence-corrected chi connectivity index (χ3v) is 7.91. The van der Waals surface area contributed by atoms with Gasteiger partial charge in [-0.3, -0.25) is 0 Å². The fraction of sp³-hybridized carbons (Fsp3) is 0.667. The van der Waals surface area contributed by atoms with Gasteiger partial charge in [0.2, 0.25) is 0 Å². The largest absolute Gasteiger partial charge is 0.391 e. The molecule has 3 nitrogen and oxygen atoms in total. The number of piperidine rings is 1. The third-order valence-electron chi connectivity index (χ3n) is 7.91. The average molecular weight is 367 g/mol.